The summed E-state index contributed by atoms with van der Waals surface area (Å²) in [5, 5.41) is 8.73. The average molecular weight is 353 g/mol. The van der Waals surface area contributed by atoms with Gasteiger partial charge < -0.3 is 14.6 Å². The van der Waals surface area contributed by atoms with E-state index < -0.39 is 0 Å². The van der Waals surface area contributed by atoms with Crippen molar-refractivity contribution in [3.63, 3.8) is 0 Å². The van der Waals surface area contributed by atoms with Gasteiger partial charge in [-0.25, -0.2) is 0 Å². The number of unbranched alkanes of at least 4 members (excludes halogenated alkanes) is 1. The molecule has 0 unspecified atom stereocenters. The molecule has 0 aromatic heterocycles. The number of ketones is 1. The molecule has 22 heavy (non-hydrogen) atoms. The third kappa shape index (κ3) is 15.2. The number of carbonyl (C=O) groups excluding carboxylic acids is 1. The van der Waals surface area contributed by atoms with Crippen LogP contribution in [0.15, 0.2) is 0 Å². The Morgan fingerprint density at radius 1 is 1.09 bits per heavy atom. The van der Waals surface area contributed by atoms with Gasteiger partial charge in [0.25, 0.3) is 0 Å². The van der Waals surface area contributed by atoms with Crippen LogP contribution in [0.25, 0.3) is 0 Å². The fraction of sp³-hybridized carbons (Fsp3) is 0.938. The minimum absolute atomic E-state index is 0.120. The molecular formula is C16H32O4S2. The standard InChI is InChI=1S/C16H32O4S2/c1-16(2,22-21-14-5-4-10-17)9-8-15(18)7-6-11-20-13-12-19-3/h17H,4-14H2,1-3H3. The number of aliphatic hydroxyl groups is 1. The molecule has 0 bridgehead atoms. The number of ether oxygens (including phenoxy) is 2. The molecule has 0 aliphatic carbocycles. The van der Waals surface area contributed by atoms with Crippen LogP contribution >= 0.6 is 21.6 Å². The summed E-state index contributed by atoms with van der Waals surface area (Å²) >= 11 is 0. The van der Waals surface area contributed by atoms with Gasteiger partial charge in [0.15, 0.2) is 0 Å². The molecule has 0 radical (unpaired) electrons. The Morgan fingerprint density at radius 3 is 2.55 bits per heavy atom. The molecule has 0 heterocycles. The van der Waals surface area contributed by atoms with Gasteiger partial charge in [0.2, 0.25) is 0 Å². The average Bonchev–Trinajstić information content (AvgIpc) is 2.48. The van der Waals surface area contributed by atoms with Crippen LogP contribution in [0.1, 0.15) is 52.4 Å². The van der Waals surface area contributed by atoms with E-state index in [9.17, 15) is 4.79 Å². The van der Waals surface area contributed by atoms with E-state index in [1.54, 1.807) is 7.11 Å². The van der Waals surface area contributed by atoms with Gasteiger partial charge in [0.05, 0.1) is 13.2 Å². The number of aliphatic hydroxyl groups excluding tert-OH is 1. The molecule has 6 heteroatoms. The highest BCUT2D eigenvalue weighted by Crippen LogP contribution is 2.39. The van der Waals surface area contributed by atoms with Crippen molar-refractivity contribution in [2.45, 2.75) is 57.1 Å². The second-order valence-corrected chi connectivity index (χ2v) is 8.97. The van der Waals surface area contributed by atoms with Crippen LogP contribution in [0.3, 0.4) is 0 Å². The Labute approximate surface area is 143 Å². The SMILES string of the molecule is COCCOCCCC(=O)CCC(C)(C)SSCCCCO. The molecule has 0 atom stereocenters. The van der Waals surface area contributed by atoms with Crippen molar-refractivity contribution in [3.8, 4) is 0 Å². The molecule has 0 saturated carbocycles. The van der Waals surface area contributed by atoms with Gasteiger partial charge in [-0.15, -0.1) is 0 Å². The number of Topliss-reactive ketones (excluding diaryl/α,β-unsaturated/α-hetero) is 1. The minimum atomic E-state index is 0.120. The van der Waals surface area contributed by atoms with Crippen LogP contribution in [0.5, 0.6) is 0 Å². The van der Waals surface area contributed by atoms with Crippen molar-refractivity contribution in [2.75, 3.05) is 39.3 Å². The van der Waals surface area contributed by atoms with E-state index in [-0.39, 0.29) is 11.4 Å². The predicted octanol–water partition coefficient (Wildman–Crippen LogP) is 3.71. The smallest absolute Gasteiger partial charge is 0.133 e. The fourth-order valence-electron chi connectivity index (χ4n) is 1.70. The van der Waals surface area contributed by atoms with Crippen molar-refractivity contribution in [1.82, 2.24) is 0 Å². The quantitative estimate of drug-likeness (QED) is 0.337. The molecule has 0 amide bonds. The molecule has 1 N–H and O–H groups in total. The molecule has 4 nitrogen and oxygen atoms in total. The first-order valence-corrected chi connectivity index (χ1v) is 10.3. The molecular weight excluding hydrogens is 320 g/mol. The summed E-state index contributed by atoms with van der Waals surface area (Å²) in [6, 6.07) is 0. The van der Waals surface area contributed by atoms with Crippen molar-refractivity contribution < 1.29 is 19.4 Å². The van der Waals surface area contributed by atoms with Crippen molar-refractivity contribution >= 4 is 27.4 Å². The third-order valence-electron chi connectivity index (χ3n) is 3.10. The highest BCUT2D eigenvalue weighted by molar-refractivity contribution is 8.77. The normalized spacial score (nSPS) is 11.8. The van der Waals surface area contributed by atoms with Crippen molar-refractivity contribution in [3.05, 3.63) is 0 Å². The first-order valence-electron chi connectivity index (χ1n) is 8.01. The zero-order valence-corrected chi connectivity index (χ0v) is 15.9. The van der Waals surface area contributed by atoms with E-state index in [1.165, 1.54) is 0 Å². The van der Waals surface area contributed by atoms with Gasteiger partial charge >= 0.3 is 0 Å². The van der Waals surface area contributed by atoms with Gasteiger partial charge in [-0.1, -0.05) is 21.6 Å². The number of carbonyl (C=O) groups is 1. The molecule has 0 aromatic rings. The lowest BCUT2D eigenvalue weighted by atomic mass is 10.0. The first kappa shape index (κ1) is 22.2. The molecule has 0 fully saturated rings. The molecule has 0 spiro atoms. The van der Waals surface area contributed by atoms with Crippen LogP contribution in [-0.4, -0.2) is 54.9 Å². The van der Waals surface area contributed by atoms with Gasteiger partial charge in [-0.05, 0) is 39.5 Å². The zero-order valence-electron chi connectivity index (χ0n) is 14.3. The van der Waals surface area contributed by atoms with Gasteiger partial charge in [-0.2, -0.15) is 0 Å². The minimum Gasteiger partial charge on any atom is -0.396 e. The summed E-state index contributed by atoms with van der Waals surface area (Å²) < 4.78 is 10.4. The summed E-state index contributed by atoms with van der Waals surface area (Å²) in [6.07, 6.45) is 4.89. The van der Waals surface area contributed by atoms with Gasteiger partial charge in [0.1, 0.15) is 5.78 Å². The van der Waals surface area contributed by atoms with Crippen LogP contribution in [-0.2, 0) is 14.3 Å². The summed E-state index contributed by atoms with van der Waals surface area (Å²) in [4.78, 5) is 11.9. The van der Waals surface area contributed by atoms with Crippen molar-refractivity contribution in [1.29, 1.82) is 0 Å². The van der Waals surface area contributed by atoms with Crippen LogP contribution in [0.4, 0.5) is 0 Å². The number of rotatable bonds is 16. The lowest BCUT2D eigenvalue weighted by Crippen LogP contribution is -2.16. The molecule has 0 aliphatic heterocycles. The van der Waals surface area contributed by atoms with E-state index >= 15 is 0 Å². The van der Waals surface area contributed by atoms with Gasteiger partial charge in [0, 0.05) is 43.7 Å². The molecule has 0 rings (SSSR count). The van der Waals surface area contributed by atoms with Crippen LogP contribution in [0, 0.1) is 0 Å². The summed E-state index contributed by atoms with van der Waals surface area (Å²) in [6.45, 7) is 6.50. The largest absolute Gasteiger partial charge is 0.396 e. The predicted molar refractivity (Wildman–Crippen MR) is 96.6 cm³/mol. The summed E-state index contributed by atoms with van der Waals surface area (Å²) in [5.74, 6) is 1.39. The second kappa shape index (κ2) is 14.8. The molecule has 0 aliphatic rings. The van der Waals surface area contributed by atoms with E-state index in [4.69, 9.17) is 14.6 Å². The molecule has 0 saturated heterocycles. The Morgan fingerprint density at radius 2 is 1.86 bits per heavy atom. The number of methoxy groups -OCH3 is 1. The Kier molecular flexibility index (Phi) is 15.0. The molecule has 132 valence electrons. The summed E-state index contributed by atoms with van der Waals surface area (Å²) in [5.41, 5.74) is 0. The second-order valence-electron chi connectivity index (χ2n) is 5.84. The first-order chi connectivity index (χ1) is 10.5. The fourth-order valence-corrected chi connectivity index (χ4v) is 4.42. The number of hydrogen-bond donors (Lipinski definition) is 1. The number of hydrogen-bond acceptors (Lipinski definition) is 6. The highest BCUT2D eigenvalue weighted by atomic mass is 33.1. The maximum Gasteiger partial charge on any atom is 0.133 e. The third-order valence-corrected chi connectivity index (χ3v) is 6.54. The Hall–Kier alpha value is 0.250. The van der Waals surface area contributed by atoms with E-state index in [0.29, 0.717) is 38.4 Å². The Bertz CT molecular complexity index is 273. The maximum atomic E-state index is 11.9. The van der Waals surface area contributed by atoms with Gasteiger partial charge in [-0.3, -0.25) is 4.79 Å². The highest BCUT2D eigenvalue weighted by Gasteiger charge is 2.20. The van der Waals surface area contributed by atoms with Crippen LogP contribution in [0.2, 0.25) is 0 Å². The maximum absolute atomic E-state index is 11.9. The lowest BCUT2D eigenvalue weighted by molar-refractivity contribution is -0.119. The monoisotopic (exact) mass is 352 g/mol. The van der Waals surface area contributed by atoms with E-state index in [2.05, 4.69) is 13.8 Å². The summed E-state index contributed by atoms with van der Waals surface area (Å²) in [7, 11) is 5.35. The van der Waals surface area contributed by atoms with E-state index in [0.717, 1.165) is 31.4 Å². The molecule has 0 aromatic carbocycles. The van der Waals surface area contributed by atoms with Crippen molar-refractivity contribution in [2.24, 2.45) is 0 Å². The van der Waals surface area contributed by atoms with Crippen LogP contribution < -0.4 is 0 Å². The topological polar surface area (TPSA) is 55.8 Å². The lowest BCUT2D eigenvalue weighted by Gasteiger charge is -2.22. The Balaban J connectivity index is 3.56. The zero-order chi connectivity index (χ0) is 16.7. The van der Waals surface area contributed by atoms with E-state index in [1.807, 2.05) is 21.6 Å².